The van der Waals surface area contributed by atoms with E-state index >= 15 is 0 Å². The monoisotopic (exact) mass is 342 g/mol. The first-order valence-electron chi connectivity index (χ1n) is 3.34. The van der Waals surface area contributed by atoms with Gasteiger partial charge in [-0.1, -0.05) is 64.8 Å². The quantitative estimate of drug-likeness (QED) is 0.433. The molecule has 76 valence electrons. The Kier molecular flexibility index (Phi) is 7.24. The van der Waals surface area contributed by atoms with Crippen LogP contribution in [0, 0.1) is 0 Å². The van der Waals surface area contributed by atoms with Crippen LogP contribution in [-0.4, -0.2) is 20.7 Å². The van der Waals surface area contributed by atoms with Crippen molar-refractivity contribution in [3.63, 3.8) is 0 Å². The van der Waals surface area contributed by atoms with Crippen LogP contribution in [0.4, 0.5) is 0 Å². The molecule has 0 amide bonds. The summed E-state index contributed by atoms with van der Waals surface area (Å²) in [4.78, 5) is 0. The topological polar surface area (TPSA) is 0 Å². The molecule has 2 aliphatic heterocycles. The average Bonchev–Trinajstić information content (AvgIpc) is 1.96. The lowest BCUT2D eigenvalue weighted by Gasteiger charge is -2.22. The molecule has 0 spiro atoms. The van der Waals surface area contributed by atoms with E-state index in [1.165, 1.54) is 11.5 Å². The molecule has 0 aliphatic carbocycles. The second-order valence-electron chi connectivity index (χ2n) is 2.02. The van der Waals surface area contributed by atoms with Crippen molar-refractivity contribution in [2.75, 3.05) is 11.5 Å². The third-order valence-electron chi connectivity index (χ3n) is 1.11. The fourth-order valence-electron chi connectivity index (χ4n) is 0.466. The molecule has 2 aliphatic rings. The van der Waals surface area contributed by atoms with Crippen LogP contribution in [0.5, 0.6) is 0 Å². The minimum atomic E-state index is 0.849. The van der Waals surface area contributed by atoms with Gasteiger partial charge in [0.25, 0.3) is 0 Å². The molecule has 0 radical (unpaired) electrons. The van der Waals surface area contributed by atoms with E-state index in [0.29, 0.717) is 0 Å². The van der Waals surface area contributed by atoms with Crippen LogP contribution in [-0.2, 0) is 0 Å². The zero-order valence-corrected chi connectivity index (χ0v) is 13.6. The lowest BCUT2D eigenvalue weighted by molar-refractivity contribution is 1.46. The minimum absolute atomic E-state index is 0.849. The van der Waals surface area contributed by atoms with Crippen molar-refractivity contribution in [3.8, 4) is 0 Å². The first kappa shape index (κ1) is 12.6. The van der Waals surface area contributed by atoms with Gasteiger partial charge in [0.05, 0.1) is 9.16 Å². The van der Waals surface area contributed by atoms with Gasteiger partial charge in [0.15, 0.2) is 0 Å². The summed E-state index contributed by atoms with van der Waals surface area (Å²) in [5.41, 5.74) is 0. The van der Waals surface area contributed by atoms with Crippen molar-refractivity contribution in [3.05, 3.63) is 0 Å². The highest BCUT2D eigenvalue weighted by Gasteiger charge is 2.22. The van der Waals surface area contributed by atoms with Crippen molar-refractivity contribution >= 4 is 94.2 Å². The molecular formula is C4H6S9. The number of rotatable bonds is 6. The molecule has 2 heterocycles. The molecule has 0 saturated carbocycles. The summed E-state index contributed by atoms with van der Waals surface area (Å²) in [5, 5.41) is 0. The van der Waals surface area contributed by atoms with Crippen LogP contribution < -0.4 is 0 Å². The first-order chi connectivity index (χ1) is 6.45. The lowest BCUT2D eigenvalue weighted by atomic mass is 10.9. The second-order valence-corrected chi connectivity index (χ2v) is 15.8. The first-order valence-corrected chi connectivity index (χ1v) is 14.4. The standard InChI is InChI=1S/C4H6S9/c1-3(7-5-1)9-11-13-12-10-4-2-6-8-4/h3-4H,1-2H2. The Bertz CT molecular complexity index is 127. The van der Waals surface area contributed by atoms with Crippen LogP contribution in [0.15, 0.2) is 0 Å². The summed E-state index contributed by atoms with van der Waals surface area (Å²) in [6.45, 7) is 0. The average molecular weight is 343 g/mol. The van der Waals surface area contributed by atoms with Gasteiger partial charge in [0.1, 0.15) is 0 Å². The second kappa shape index (κ2) is 7.47. The van der Waals surface area contributed by atoms with E-state index in [0.717, 1.165) is 9.16 Å². The van der Waals surface area contributed by atoms with Crippen LogP contribution in [0.25, 0.3) is 0 Å². The Hall–Kier alpha value is 3.15. The van der Waals surface area contributed by atoms with E-state index in [1.54, 1.807) is 0 Å². The van der Waals surface area contributed by atoms with Gasteiger partial charge in [-0.3, -0.25) is 0 Å². The van der Waals surface area contributed by atoms with Gasteiger partial charge in [-0.2, -0.15) is 0 Å². The summed E-state index contributed by atoms with van der Waals surface area (Å²) >= 11 is 0. The summed E-state index contributed by atoms with van der Waals surface area (Å²) in [7, 11) is 17.8. The van der Waals surface area contributed by atoms with Crippen LogP contribution in [0.2, 0.25) is 0 Å². The Morgan fingerprint density at radius 1 is 0.769 bits per heavy atom. The van der Waals surface area contributed by atoms with Gasteiger partial charge in [0, 0.05) is 11.5 Å². The maximum atomic E-state index is 2.02. The third-order valence-corrected chi connectivity index (χ3v) is 18.2. The molecule has 2 atom stereocenters. The maximum absolute atomic E-state index is 2.02. The van der Waals surface area contributed by atoms with E-state index in [1.807, 2.05) is 94.2 Å². The van der Waals surface area contributed by atoms with Gasteiger partial charge in [0.2, 0.25) is 0 Å². The van der Waals surface area contributed by atoms with Crippen molar-refractivity contribution in [2.24, 2.45) is 0 Å². The van der Waals surface area contributed by atoms with Crippen LogP contribution >= 0.6 is 94.2 Å². The van der Waals surface area contributed by atoms with E-state index in [9.17, 15) is 0 Å². The van der Waals surface area contributed by atoms with Gasteiger partial charge in [-0.15, -0.1) is 0 Å². The van der Waals surface area contributed by atoms with E-state index in [-0.39, 0.29) is 0 Å². The molecule has 0 aromatic rings. The molecule has 9 heteroatoms. The molecule has 2 fully saturated rings. The number of hydrogen-bond donors (Lipinski definition) is 0. The molecular weight excluding hydrogens is 337 g/mol. The molecule has 2 rings (SSSR count). The smallest absolute Gasteiger partial charge is 0.0816 e. The number of hydrogen-bond acceptors (Lipinski definition) is 9. The summed E-state index contributed by atoms with van der Waals surface area (Å²) in [6, 6.07) is 0. The highest BCUT2D eigenvalue weighted by atomic mass is 33.8. The van der Waals surface area contributed by atoms with Crippen LogP contribution in [0.1, 0.15) is 0 Å². The fourth-order valence-corrected chi connectivity index (χ4v) is 17.8. The molecule has 2 saturated heterocycles. The normalized spacial score (nSPS) is 32.3. The van der Waals surface area contributed by atoms with Crippen molar-refractivity contribution < 1.29 is 0 Å². The molecule has 0 aromatic carbocycles. The largest absolute Gasteiger partial charge is 0.0909 e. The molecule has 0 N–H and O–H groups in total. The summed E-state index contributed by atoms with van der Waals surface area (Å²) < 4.78 is 1.70. The fraction of sp³-hybridized carbons (Fsp3) is 1.00. The lowest BCUT2D eigenvalue weighted by Crippen LogP contribution is -2.05. The molecule has 0 aromatic heterocycles. The SMILES string of the molecule is C1SSC1SSSSSC1CSS1. The van der Waals surface area contributed by atoms with Crippen LogP contribution in [0.3, 0.4) is 0 Å². The Morgan fingerprint density at radius 3 is 1.54 bits per heavy atom. The van der Waals surface area contributed by atoms with Crippen molar-refractivity contribution in [1.29, 1.82) is 0 Å². The predicted octanol–water partition coefficient (Wildman–Crippen LogP) is 5.75. The molecule has 2 unspecified atom stereocenters. The van der Waals surface area contributed by atoms with E-state index < -0.39 is 0 Å². The predicted molar refractivity (Wildman–Crippen MR) is 85.6 cm³/mol. The highest BCUT2D eigenvalue weighted by molar-refractivity contribution is 9.36. The maximum Gasteiger partial charge on any atom is 0.0816 e. The third kappa shape index (κ3) is 4.89. The zero-order chi connectivity index (χ0) is 8.93. The van der Waals surface area contributed by atoms with Gasteiger partial charge < -0.3 is 0 Å². The minimum Gasteiger partial charge on any atom is -0.0909 e. The summed E-state index contributed by atoms with van der Waals surface area (Å²) in [6.07, 6.45) is 0. The Balaban J connectivity index is 1.36. The van der Waals surface area contributed by atoms with Crippen molar-refractivity contribution in [2.45, 2.75) is 9.16 Å². The molecule has 0 nitrogen and oxygen atoms in total. The van der Waals surface area contributed by atoms with Gasteiger partial charge in [-0.05, 0) is 29.5 Å². The Morgan fingerprint density at radius 2 is 1.23 bits per heavy atom. The van der Waals surface area contributed by atoms with E-state index in [2.05, 4.69) is 0 Å². The van der Waals surface area contributed by atoms with Gasteiger partial charge >= 0.3 is 0 Å². The molecule has 13 heavy (non-hydrogen) atoms. The van der Waals surface area contributed by atoms with Crippen molar-refractivity contribution in [1.82, 2.24) is 0 Å². The highest BCUT2D eigenvalue weighted by Crippen LogP contribution is 2.60. The molecule has 0 bridgehead atoms. The van der Waals surface area contributed by atoms with Gasteiger partial charge in [-0.25, -0.2) is 0 Å². The summed E-state index contributed by atoms with van der Waals surface area (Å²) in [5.74, 6) is 2.66. The Labute approximate surface area is 113 Å². The zero-order valence-electron chi connectivity index (χ0n) is 6.24. The van der Waals surface area contributed by atoms with E-state index in [4.69, 9.17) is 0 Å².